The molecule has 0 N–H and O–H groups in total. The van der Waals surface area contributed by atoms with Gasteiger partial charge in [-0.05, 0) is 17.5 Å². The van der Waals surface area contributed by atoms with Crippen molar-refractivity contribution in [1.82, 2.24) is 0 Å². The van der Waals surface area contributed by atoms with E-state index in [2.05, 4.69) is 0 Å². The van der Waals surface area contributed by atoms with Gasteiger partial charge >= 0.3 is 0 Å². The Bertz CT molecular complexity index is 787. The zero-order valence-corrected chi connectivity index (χ0v) is 10.5. The van der Waals surface area contributed by atoms with Crippen LogP contribution in [0.1, 0.15) is 0 Å². The number of hydrogen-bond acceptors (Lipinski definition) is 3. The molecule has 3 aromatic rings. The topological polar surface area (TPSA) is 56.3 Å². The third kappa shape index (κ3) is 2.42. The molecule has 0 unspecified atom stereocenters. The molecule has 5 heteroatoms. The zero-order chi connectivity index (χ0) is 13.9. The molecule has 5 nitrogen and oxygen atoms in total. The van der Waals surface area contributed by atoms with E-state index < -0.39 is 4.92 Å². The Morgan fingerprint density at radius 1 is 1.00 bits per heavy atom. The van der Waals surface area contributed by atoms with Gasteiger partial charge in [0.1, 0.15) is 0 Å². The molecule has 1 aromatic heterocycles. The largest absolute Gasteiger partial charge is 0.273 e. The molecule has 3 rings (SSSR count). The summed E-state index contributed by atoms with van der Waals surface area (Å²) in [5.74, 6) is 0.416. The highest BCUT2D eigenvalue weighted by atomic mass is 16.7. The Balaban J connectivity index is 1.92. The summed E-state index contributed by atoms with van der Waals surface area (Å²) in [7, 11) is 0. The van der Waals surface area contributed by atoms with Gasteiger partial charge in [-0.15, -0.1) is 0 Å². The summed E-state index contributed by atoms with van der Waals surface area (Å²) >= 11 is 0. The summed E-state index contributed by atoms with van der Waals surface area (Å²) < 4.78 is 1.53. The van der Waals surface area contributed by atoms with Gasteiger partial charge in [0, 0.05) is 16.9 Å². The van der Waals surface area contributed by atoms with Crippen molar-refractivity contribution < 1.29 is 14.5 Å². The second-order valence-corrected chi connectivity index (χ2v) is 4.28. The Morgan fingerprint density at radius 3 is 2.60 bits per heavy atom. The summed E-state index contributed by atoms with van der Waals surface area (Å²) in [5.41, 5.74) is 0.00360. The van der Waals surface area contributed by atoms with E-state index in [0.717, 1.165) is 10.8 Å². The molecule has 0 aliphatic heterocycles. The monoisotopic (exact) mass is 267 g/mol. The summed E-state index contributed by atoms with van der Waals surface area (Å²) in [6.45, 7) is 0. The van der Waals surface area contributed by atoms with Crippen molar-refractivity contribution in [2.75, 3.05) is 0 Å². The number of benzene rings is 2. The van der Waals surface area contributed by atoms with Crippen LogP contribution in [0.25, 0.3) is 10.8 Å². The third-order valence-electron chi connectivity index (χ3n) is 2.90. The quantitative estimate of drug-likeness (QED) is 0.416. The summed E-state index contributed by atoms with van der Waals surface area (Å²) in [4.78, 5) is 15.9. The van der Waals surface area contributed by atoms with Gasteiger partial charge in [0.25, 0.3) is 5.69 Å². The SMILES string of the molecule is O=[N+]([O-])c1cccc(O[n+]2ccc3ccccc3c2)c1. The van der Waals surface area contributed by atoms with Crippen molar-refractivity contribution in [1.29, 1.82) is 0 Å². The number of fused-ring (bicyclic) bond motifs is 1. The van der Waals surface area contributed by atoms with Crippen LogP contribution in [0, 0.1) is 10.1 Å². The Morgan fingerprint density at radius 2 is 1.80 bits per heavy atom. The minimum absolute atomic E-state index is 0.00360. The normalized spacial score (nSPS) is 10.4. The zero-order valence-electron chi connectivity index (χ0n) is 10.5. The first-order valence-electron chi connectivity index (χ1n) is 6.05. The number of pyridine rings is 1. The molecule has 0 radical (unpaired) electrons. The van der Waals surface area contributed by atoms with Gasteiger partial charge in [-0.2, -0.15) is 0 Å². The summed E-state index contributed by atoms with van der Waals surface area (Å²) in [6, 6.07) is 15.9. The Labute approximate surface area is 114 Å². The lowest BCUT2D eigenvalue weighted by Crippen LogP contribution is -2.38. The molecule has 0 amide bonds. The van der Waals surface area contributed by atoms with Gasteiger partial charge in [-0.25, -0.2) is 4.84 Å². The molecule has 98 valence electrons. The number of non-ortho nitro benzene ring substituents is 1. The molecule has 0 saturated heterocycles. The summed E-state index contributed by atoms with van der Waals surface area (Å²) in [5, 5.41) is 12.9. The van der Waals surface area contributed by atoms with Gasteiger partial charge in [0.05, 0.1) is 16.4 Å². The number of aromatic nitrogens is 1. The second kappa shape index (κ2) is 4.97. The van der Waals surface area contributed by atoms with Crippen molar-refractivity contribution in [3.63, 3.8) is 0 Å². The van der Waals surface area contributed by atoms with Gasteiger partial charge in [0.15, 0.2) is 0 Å². The highest BCUT2D eigenvalue weighted by Crippen LogP contribution is 2.18. The van der Waals surface area contributed by atoms with Crippen LogP contribution in [0.4, 0.5) is 5.69 Å². The van der Waals surface area contributed by atoms with Crippen molar-refractivity contribution in [2.45, 2.75) is 0 Å². The molecule has 0 bridgehead atoms. The van der Waals surface area contributed by atoms with Crippen LogP contribution < -0.4 is 9.57 Å². The van der Waals surface area contributed by atoms with Crippen LogP contribution in [0.15, 0.2) is 67.0 Å². The van der Waals surface area contributed by atoms with E-state index in [1.807, 2.05) is 36.5 Å². The van der Waals surface area contributed by atoms with Crippen LogP contribution in [0.5, 0.6) is 5.75 Å². The molecule has 0 aliphatic carbocycles. The lowest BCUT2D eigenvalue weighted by atomic mass is 10.2. The standard InChI is InChI=1S/C15H11N2O3/c18-17(19)14-6-3-7-15(10-14)20-16-9-8-12-4-1-2-5-13(12)11-16/h1-11H/q+1. The maximum absolute atomic E-state index is 10.7. The van der Waals surface area contributed by atoms with Crippen LogP contribution in [-0.4, -0.2) is 4.92 Å². The van der Waals surface area contributed by atoms with E-state index in [1.54, 1.807) is 18.3 Å². The lowest BCUT2D eigenvalue weighted by molar-refractivity contribution is -0.874. The molecular weight excluding hydrogens is 256 g/mol. The molecule has 1 heterocycles. The summed E-state index contributed by atoms with van der Waals surface area (Å²) in [6.07, 6.45) is 3.59. The molecule has 0 aliphatic rings. The average Bonchev–Trinajstić information content (AvgIpc) is 2.47. The predicted molar refractivity (Wildman–Crippen MR) is 73.3 cm³/mol. The van der Waals surface area contributed by atoms with Gasteiger partial charge < -0.3 is 0 Å². The fourth-order valence-corrected chi connectivity index (χ4v) is 1.95. The third-order valence-corrected chi connectivity index (χ3v) is 2.90. The lowest BCUT2D eigenvalue weighted by Gasteiger charge is -1.99. The molecule has 0 spiro atoms. The van der Waals surface area contributed by atoms with Gasteiger partial charge in [-0.3, -0.25) is 10.1 Å². The number of nitrogens with zero attached hydrogens (tertiary/aromatic N) is 2. The van der Waals surface area contributed by atoms with Crippen LogP contribution >= 0.6 is 0 Å². The van der Waals surface area contributed by atoms with Crippen LogP contribution in [-0.2, 0) is 0 Å². The molecule has 20 heavy (non-hydrogen) atoms. The number of nitro groups is 1. The maximum atomic E-state index is 10.7. The average molecular weight is 267 g/mol. The predicted octanol–water partition coefficient (Wildman–Crippen LogP) is 2.88. The van der Waals surface area contributed by atoms with Crippen LogP contribution in [0.3, 0.4) is 0 Å². The van der Waals surface area contributed by atoms with Crippen molar-refractivity contribution in [3.05, 3.63) is 77.1 Å². The minimum Gasteiger partial charge on any atom is -0.258 e. The fourth-order valence-electron chi connectivity index (χ4n) is 1.95. The number of nitro benzene ring substituents is 1. The van der Waals surface area contributed by atoms with E-state index >= 15 is 0 Å². The molecule has 0 saturated carbocycles. The first-order valence-corrected chi connectivity index (χ1v) is 6.05. The van der Waals surface area contributed by atoms with E-state index in [1.165, 1.54) is 16.9 Å². The molecule has 0 fully saturated rings. The first kappa shape index (κ1) is 12.1. The Hall–Kier alpha value is -2.95. The number of rotatable bonds is 3. The van der Waals surface area contributed by atoms with Crippen molar-refractivity contribution in [2.24, 2.45) is 0 Å². The minimum atomic E-state index is -0.447. The Kier molecular flexibility index (Phi) is 3.01. The fraction of sp³-hybridized carbons (Fsp3) is 0. The highest BCUT2D eigenvalue weighted by molar-refractivity contribution is 5.80. The highest BCUT2D eigenvalue weighted by Gasteiger charge is 2.11. The van der Waals surface area contributed by atoms with E-state index in [-0.39, 0.29) is 5.69 Å². The van der Waals surface area contributed by atoms with Crippen molar-refractivity contribution >= 4 is 16.5 Å². The van der Waals surface area contributed by atoms with Crippen LogP contribution in [0.2, 0.25) is 0 Å². The molecule has 2 aromatic carbocycles. The van der Waals surface area contributed by atoms with E-state index in [0.29, 0.717) is 5.75 Å². The number of hydrogen-bond donors (Lipinski definition) is 0. The first-order chi connectivity index (χ1) is 9.72. The maximum Gasteiger partial charge on any atom is 0.273 e. The van der Waals surface area contributed by atoms with Gasteiger partial charge in [0.2, 0.25) is 18.1 Å². The van der Waals surface area contributed by atoms with Crippen molar-refractivity contribution in [3.8, 4) is 5.75 Å². The van der Waals surface area contributed by atoms with E-state index in [4.69, 9.17) is 4.84 Å². The van der Waals surface area contributed by atoms with E-state index in [9.17, 15) is 10.1 Å². The van der Waals surface area contributed by atoms with Gasteiger partial charge in [-0.1, -0.05) is 24.3 Å². The molecular formula is C15H11N2O3+. The molecule has 0 atom stereocenters. The smallest absolute Gasteiger partial charge is 0.258 e. The second-order valence-electron chi connectivity index (χ2n) is 4.28.